The van der Waals surface area contributed by atoms with Crippen LogP contribution in [0.4, 0.5) is 0 Å². The first-order valence-corrected chi connectivity index (χ1v) is 6.78. The van der Waals surface area contributed by atoms with Gasteiger partial charge in [0.1, 0.15) is 0 Å². The van der Waals surface area contributed by atoms with Crippen LogP contribution in [0.25, 0.3) is 0 Å². The van der Waals surface area contributed by atoms with Crippen LogP contribution in [-0.4, -0.2) is 37.7 Å². The fourth-order valence-corrected chi connectivity index (χ4v) is 3.24. The zero-order chi connectivity index (χ0) is 11.4. The van der Waals surface area contributed by atoms with E-state index in [1.807, 2.05) is 6.07 Å². The van der Waals surface area contributed by atoms with Crippen LogP contribution in [0.3, 0.4) is 0 Å². The van der Waals surface area contributed by atoms with Crippen LogP contribution < -0.4 is 5.73 Å². The number of hydrogen-bond acceptors (Lipinski definition) is 4. The molecule has 0 spiro atoms. The van der Waals surface area contributed by atoms with Gasteiger partial charge in [-0.1, -0.05) is 11.6 Å². The predicted molar refractivity (Wildman–Crippen MR) is 68.1 cm³/mol. The molecule has 90 valence electrons. The number of thiophene rings is 1. The minimum atomic E-state index is 0.291. The van der Waals surface area contributed by atoms with Crippen molar-refractivity contribution in [3.63, 3.8) is 0 Å². The average Bonchev–Trinajstić information content (AvgIpc) is 2.55. The van der Waals surface area contributed by atoms with Crippen molar-refractivity contribution in [2.75, 3.05) is 32.8 Å². The number of nitrogens with two attached hydrogens (primary N) is 1. The van der Waals surface area contributed by atoms with Gasteiger partial charge in [-0.25, -0.2) is 0 Å². The van der Waals surface area contributed by atoms with E-state index in [1.54, 1.807) is 11.3 Å². The maximum Gasteiger partial charge on any atom is 0.0931 e. The van der Waals surface area contributed by atoms with Gasteiger partial charge in [0, 0.05) is 31.1 Å². The maximum absolute atomic E-state index is 5.97. The molecule has 3 nitrogen and oxygen atoms in total. The smallest absolute Gasteiger partial charge is 0.0931 e. The highest BCUT2D eigenvalue weighted by Crippen LogP contribution is 2.30. The lowest BCUT2D eigenvalue weighted by Crippen LogP contribution is -2.35. The van der Waals surface area contributed by atoms with E-state index >= 15 is 0 Å². The van der Waals surface area contributed by atoms with Crippen LogP contribution in [0.15, 0.2) is 12.1 Å². The van der Waals surface area contributed by atoms with Gasteiger partial charge >= 0.3 is 0 Å². The second-order valence-electron chi connectivity index (χ2n) is 3.90. The number of rotatable bonds is 3. The summed E-state index contributed by atoms with van der Waals surface area (Å²) < 4.78 is 6.29. The summed E-state index contributed by atoms with van der Waals surface area (Å²) in [5, 5.41) is 0. The Bertz CT molecular complexity index is 324. The summed E-state index contributed by atoms with van der Waals surface area (Å²) in [5.74, 6) is 0. The van der Waals surface area contributed by atoms with E-state index in [-0.39, 0.29) is 0 Å². The summed E-state index contributed by atoms with van der Waals surface area (Å²) in [6.45, 7) is 4.31. The van der Waals surface area contributed by atoms with E-state index in [0.29, 0.717) is 12.6 Å². The number of ether oxygens (including phenoxy) is 1. The first-order valence-electron chi connectivity index (χ1n) is 5.58. The summed E-state index contributed by atoms with van der Waals surface area (Å²) in [6, 6.07) is 4.31. The quantitative estimate of drug-likeness (QED) is 0.905. The fraction of sp³-hybridized carbons (Fsp3) is 0.636. The van der Waals surface area contributed by atoms with Crippen molar-refractivity contribution in [1.82, 2.24) is 4.90 Å². The van der Waals surface area contributed by atoms with E-state index < -0.39 is 0 Å². The molecule has 1 saturated heterocycles. The Morgan fingerprint density at radius 2 is 2.31 bits per heavy atom. The van der Waals surface area contributed by atoms with Gasteiger partial charge in [-0.05, 0) is 18.6 Å². The van der Waals surface area contributed by atoms with Gasteiger partial charge in [-0.2, -0.15) is 0 Å². The largest absolute Gasteiger partial charge is 0.380 e. The van der Waals surface area contributed by atoms with E-state index in [4.69, 9.17) is 22.1 Å². The van der Waals surface area contributed by atoms with Gasteiger partial charge in [-0.15, -0.1) is 11.3 Å². The van der Waals surface area contributed by atoms with Gasteiger partial charge in [0.15, 0.2) is 0 Å². The van der Waals surface area contributed by atoms with Crippen molar-refractivity contribution in [3.8, 4) is 0 Å². The van der Waals surface area contributed by atoms with Crippen LogP contribution in [0.1, 0.15) is 17.3 Å². The second kappa shape index (κ2) is 5.98. The third kappa shape index (κ3) is 2.96. The second-order valence-corrected chi connectivity index (χ2v) is 5.64. The predicted octanol–water partition coefficient (Wildman–Crippen LogP) is 2.12. The summed E-state index contributed by atoms with van der Waals surface area (Å²) in [4.78, 5) is 3.66. The van der Waals surface area contributed by atoms with Crippen molar-refractivity contribution in [1.29, 1.82) is 0 Å². The highest BCUT2D eigenvalue weighted by Gasteiger charge is 2.21. The van der Waals surface area contributed by atoms with E-state index in [2.05, 4.69) is 11.0 Å². The molecule has 1 atom stereocenters. The molecule has 5 heteroatoms. The summed E-state index contributed by atoms with van der Waals surface area (Å²) >= 11 is 7.59. The van der Waals surface area contributed by atoms with E-state index in [1.165, 1.54) is 4.88 Å². The zero-order valence-electron chi connectivity index (χ0n) is 9.19. The third-order valence-corrected chi connectivity index (χ3v) is 4.18. The van der Waals surface area contributed by atoms with Crippen LogP contribution in [0.5, 0.6) is 0 Å². The first-order chi connectivity index (χ1) is 7.81. The van der Waals surface area contributed by atoms with Crippen molar-refractivity contribution < 1.29 is 4.74 Å². The van der Waals surface area contributed by atoms with Gasteiger partial charge in [-0.3, -0.25) is 4.90 Å². The third-order valence-electron chi connectivity index (χ3n) is 2.84. The molecule has 1 aliphatic rings. The molecule has 0 radical (unpaired) electrons. The lowest BCUT2D eigenvalue weighted by atomic mass is 10.2. The molecule has 0 bridgehead atoms. The van der Waals surface area contributed by atoms with Gasteiger partial charge in [0.25, 0.3) is 0 Å². The molecule has 1 unspecified atom stereocenters. The minimum absolute atomic E-state index is 0.291. The minimum Gasteiger partial charge on any atom is -0.380 e. The van der Waals surface area contributed by atoms with Gasteiger partial charge in [0.05, 0.1) is 17.0 Å². The fourth-order valence-electron chi connectivity index (χ4n) is 2.03. The standard InChI is InChI=1S/C11H17ClN2OS/c12-11-3-2-10(16-11)9(8-13)14-4-1-6-15-7-5-14/h2-3,9H,1,4-8,13H2. The summed E-state index contributed by atoms with van der Waals surface area (Å²) in [6.07, 6.45) is 1.08. The summed E-state index contributed by atoms with van der Waals surface area (Å²) in [7, 11) is 0. The lowest BCUT2D eigenvalue weighted by molar-refractivity contribution is 0.133. The zero-order valence-corrected chi connectivity index (χ0v) is 10.8. The molecule has 1 aromatic rings. The topological polar surface area (TPSA) is 38.5 Å². The first kappa shape index (κ1) is 12.3. The van der Waals surface area contributed by atoms with Crippen molar-refractivity contribution in [3.05, 3.63) is 21.3 Å². The molecule has 0 aliphatic carbocycles. The van der Waals surface area contributed by atoms with E-state index in [0.717, 1.165) is 37.1 Å². The van der Waals surface area contributed by atoms with Gasteiger partial charge < -0.3 is 10.5 Å². The SMILES string of the molecule is NCC(c1ccc(Cl)s1)N1CCCOCC1. The lowest BCUT2D eigenvalue weighted by Gasteiger charge is -2.28. The van der Waals surface area contributed by atoms with Crippen LogP contribution >= 0.6 is 22.9 Å². The average molecular weight is 261 g/mol. The molecular formula is C11H17ClN2OS. The normalized spacial score (nSPS) is 20.6. The van der Waals surface area contributed by atoms with Crippen molar-refractivity contribution in [2.45, 2.75) is 12.5 Å². The highest BCUT2D eigenvalue weighted by molar-refractivity contribution is 7.16. The van der Waals surface area contributed by atoms with Crippen LogP contribution in [0.2, 0.25) is 4.34 Å². The molecule has 2 N–H and O–H groups in total. The van der Waals surface area contributed by atoms with Crippen LogP contribution in [0, 0.1) is 0 Å². The highest BCUT2D eigenvalue weighted by atomic mass is 35.5. The molecule has 0 aromatic carbocycles. The monoisotopic (exact) mass is 260 g/mol. The Morgan fingerprint density at radius 3 is 3.00 bits per heavy atom. The Hall–Kier alpha value is -0.130. The molecule has 2 rings (SSSR count). The summed E-state index contributed by atoms with van der Waals surface area (Å²) in [5.41, 5.74) is 5.88. The van der Waals surface area contributed by atoms with E-state index in [9.17, 15) is 0 Å². The van der Waals surface area contributed by atoms with Crippen LogP contribution in [-0.2, 0) is 4.74 Å². The van der Waals surface area contributed by atoms with Crippen molar-refractivity contribution >= 4 is 22.9 Å². The molecule has 1 fully saturated rings. The molecular weight excluding hydrogens is 244 g/mol. The molecule has 1 aromatic heterocycles. The molecule has 2 heterocycles. The molecule has 1 aliphatic heterocycles. The maximum atomic E-state index is 5.97. The number of hydrogen-bond donors (Lipinski definition) is 1. The molecule has 0 saturated carbocycles. The van der Waals surface area contributed by atoms with Crippen molar-refractivity contribution in [2.24, 2.45) is 5.73 Å². The Labute approximate surface area is 105 Å². The Morgan fingerprint density at radius 1 is 1.44 bits per heavy atom. The Balaban J connectivity index is 2.08. The molecule has 16 heavy (non-hydrogen) atoms. The molecule has 0 amide bonds. The number of nitrogens with zero attached hydrogens (tertiary/aromatic N) is 1. The number of halogens is 1. The Kier molecular flexibility index (Phi) is 4.61. The van der Waals surface area contributed by atoms with Gasteiger partial charge in [0.2, 0.25) is 0 Å².